The van der Waals surface area contributed by atoms with Crippen LogP contribution >= 0.6 is 0 Å². The molecule has 23 heavy (non-hydrogen) atoms. The number of carbonyl (C=O) groups is 2. The number of nitro benzene ring substituents is 1. The first kappa shape index (κ1) is 18.0. The predicted molar refractivity (Wildman–Crippen MR) is 80.7 cm³/mol. The average molecular weight is 320 g/mol. The van der Waals surface area contributed by atoms with E-state index in [2.05, 4.69) is 11.2 Å². The Bertz CT molecular complexity index is 618. The largest absolute Gasteiger partial charge is 0.463 e. The van der Waals surface area contributed by atoms with E-state index in [-0.39, 0.29) is 24.0 Å². The molecular formula is C15H16N2O6. The van der Waals surface area contributed by atoms with Crippen LogP contribution in [0.5, 0.6) is 5.75 Å². The molecule has 8 heteroatoms. The molecule has 0 bridgehead atoms. The fourth-order valence-corrected chi connectivity index (χ4v) is 1.39. The van der Waals surface area contributed by atoms with E-state index in [4.69, 9.17) is 15.9 Å². The molecule has 1 rings (SSSR count). The van der Waals surface area contributed by atoms with Gasteiger partial charge in [-0.05, 0) is 18.1 Å². The molecule has 0 unspecified atom stereocenters. The SMILES string of the molecule is C#C[C@H](NC(=O)Oc1ccc([N+](=O)[O-])cc1)C(=O)OCC(C)C. The van der Waals surface area contributed by atoms with Gasteiger partial charge in [-0.15, -0.1) is 6.42 Å². The Labute approximate surface area is 132 Å². The van der Waals surface area contributed by atoms with Gasteiger partial charge in [0.25, 0.3) is 5.69 Å². The highest BCUT2D eigenvalue weighted by atomic mass is 16.6. The Morgan fingerprint density at radius 3 is 2.43 bits per heavy atom. The van der Waals surface area contributed by atoms with Gasteiger partial charge in [-0.3, -0.25) is 15.4 Å². The molecule has 1 amide bonds. The van der Waals surface area contributed by atoms with Crippen LogP contribution in [0.3, 0.4) is 0 Å². The van der Waals surface area contributed by atoms with E-state index in [1.165, 1.54) is 24.3 Å². The van der Waals surface area contributed by atoms with Crippen molar-refractivity contribution in [2.45, 2.75) is 19.9 Å². The molecule has 0 aliphatic rings. The van der Waals surface area contributed by atoms with Crippen LogP contribution in [-0.2, 0) is 9.53 Å². The van der Waals surface area contributed by atoms with Gasteiger partial charge in [-0.2, -0.15) is 0 Å². The van der Waals surface area contributed by atoms with Gasteiger partial charge in [0, 0.05) is 12.1 Å². The van der Waals surface area contributed by atoms with Crippen molar-refractivity contribution in [3.63, 3.8) is 0 Å². The first-order valence-corrected chi connectivity index (χ1v) is 6.69. The summed E-state index contributed by atoms with van der Waals surface area (Å²) in [4.78, 5) is 33.3. The fourth-order valence-electron chi connectivity index (χ4n) is 1.39. The summed E-state index contributed by atoms with van der Waals surface area (Å²) < 4.78 is 9.80. The second-order valence-corrected chi connectivity index (χ2v) is 4.91. The number of hydrogen-bond acceptors (Lipinski definition) is 6. The molecule has 122 valence electrons. The molecule has 0 aliphatic carbocycles. The first-order chi connectivity index (χ1) is 10.8. The number of rotatable bonds is 6. The van der Waals surface area contributed by atoms with Crippen LogP contribution in [0.4, 0.5) is 10.5 Å². The maximum absolute atomic E-state index is 11.7. The Morgan fingerprint density at radius 2 is 1.96 bits per heavy atom. The molecule has 0 spiro atoms. The third-order valence-corrected chi connectivity index (χ3v) is 2.48. The second kappa shape index (κ2) is 8.38. The number of nitro groups is 1. The number of esters is 1. The number of nitrogens with zero attached hydrogens (tertiary/aromatic N) is 1. The van der Waals surface area contributed by atoms with E-state index in [0.717, 1.165) is 0 Å². The van der Waals surface area contributed by atoms with Crippen molar-refractivity contribution in [3.8, 4) is 18.1 Å². The lowest BCUT2D eigenvalue weighted by molar-refractivity contribution is -0.384. The molecule has 0 fully saturated rings. The van der Waals surface area contributed by atoms with Crippen LogP contribution in [0, 0.1) is 28.4 Å². The monoisotopic (exact) mass is 320 g/mol. The zero-order valence-electron chi connectivity index (χ0n) is 12.6. The predicted octanol–water partition coefficient (Wildman–Crippen LogP) is 1.88. The van der Waals surface area contributed by atoms with Crippen molar-refractivity contribution in [1.82, 2.24) is 5.32 Å². The highest BCUT2D eigenvalue weighted by Gasteiger charge is 2.21. The lowest BCUT2D eigenvalue weighted by atomic mass is 10.2. The van der Waals surface area contributed by atoms with Crippen molar-refractivity contribution in [2.24, 2.45) is 5.92 Å². The number of nitrogens with one attached hydrogen (secondary N) is 1. The molecule has 0 aromatic heterocycles. The third-order valence-electron chi connectivity index (χ3n) is 2.48. The third kappa shape index (κ3) is 6.05. The van der Waals surface area contributed by atoms with Gasteiger partial charge in [0.2, 0.25) is 0 Å². The van der Waals surface area contributed by atoms with Crippen molar-refractivity contribution in [2.75, 3.05) is 6.61 Å². The topological polar surface area (TPSA) is 108 Å². The summed E-state index contributed by atoms with van der Waals surface area (Å²) in [6.45, 7) is 3.89. The zero-order chi connectivity index (χ0) is 17.4. The van der Waals surface area contributed by atoms with Crippen LogP contribution in [0.2, 0.25) is 0 Å². The van der Waals surface area contributed by atoms with E-state index >= 15 is 0 Å². The Morgan fingerprint density at radius 1 is 1.35 bits per heavy atom. The molecule has 1 aromatic carbocycles. The maximum atomic E-state index is 11.7. The first-order valence-electron chi connectivity index (χ1n) is 6.69. The van der Waals surface area contributed by atoms with Crippen LogP contribution < -0.4 is 10.1 Å². The standard InChI is InChI=1S/C15H16N2O6/c1-4-13(14(18)22-9-10(2)3)16-15(19)23-12-7-5-11(6-8-12)17(20)21/h1,5-8,10,13H,9H2,2-3H3,(H,16,19)/t13-/m0/s1. The van der Waals surface area contributed by atoms with Gasteiger partial charge in [-0.1, -0.05) is 19.8 Å². The van der Waals surface area contributed by atoms with Crippen molar-refractivity contribution in [3.05, 3.63) is 34.4 Å². The van der Waals surface area contributed by atoms with Crippen LogP contribution in [0.25, 0.3) is 0 Å². The summed E-state index contributed by atoms with van der Waals surface area (Å²) >= 11 is 0. The minimum absolute atomic E-state index is 0.0689. The molecule has 0 aliphatic heterocycles. The van der Waals surface area contributed by atoms with Crippen molar-refractivity contribution >= 4 is 17.7 Å². The summed E-state index contributed by atoms with van der Waals surface area (Å²) in [5.41, 5.74) is -0.142. The molecule has 0 saturated heterocycles. The summed E-state index contributed by atoms with van der Waals surface area (Å²) in [5.74, 6) is 1.53. The Kier molecular flexibility index (Phi) is 6.55. The van der Waals surface area contributed by atoms with Crippen molar-refractivity contribution < 1.29 is 24.0 Å². The molecule has 0 heterocycles. The molecule has 1 aromatic rings. The van der Waals surface area contributed by atoms with Gasteiger partial charge in [0.1, 0.15) is 5.75 Å². The summed E-state index contributed by atoms with van der Waals surface area (Å²) in [7, 11) is 0. The van der Waals surface area contributed by atoms with E-state index in [1.807, 2.05) is 13.8 Å². The summed E-state index contributed by atoms with van der Waals surface area (Å²) in [6.07, 6.45) is 4.21. The van der Waals surface area contributed by atoms with Crippen molar-refractivity contribution in [1.29, 1.82) is 0 Å². The molecule has 1 atom stereocenters. The van der Waals surface area contributed by atoms with E-state index in [0.29, 0.717) is 0 Å². The van der Waals surface area contributed by atoms with E-state index < -0.39 is 23.0 Å². The minimum Gasteiger partial charge on any atom is -0.463 e. The second-order valence-electron chi connectivity index (χ2n) is 4.91. The molecule has 8 nitrogen and oxygen atoms in total. The lowest BCUT2D eigenvalue weighted by Gasteiger charge is -2.13. The van der Waals surface area contributed by atoms with Crippen LogP contribution in [0.15, 0.2) is 24.3 Å². The number of hydrogen-bond donors (Lipinski definition) is 1. The van der Waals surface area contributed by atoms with Gasteiger partial charge >= 0.3 is 12.1 Å². The maximum Gasteiger partial charge on any atom is 0.414 e. The molecule has 0 radical (unpaired) electrons. The highest BCUT2D eigenvalue weighted by molar-refractivity contribution is 5.84. The number of benzene rings is 1. The lowest BCUT2D eigenvalue weighted by Crippen LogP contribution is -2.42. The fraction of sp³-hybridized carbons (Fsp3) is 0.333. The minimum atomic E-state index is -1.28. The quantitative estimate of drug-likeness (QED) is 0.371. The van der Waals surface area contributed by atoms with Gasteiger partial charge in [0.15, 0.2) is 6.04 Å². The van der Waals surface area contributed by atoms with Crippen LogP contribution in [0.1, 0.15) is 13.8 Å². The Hall–Kier alpha value is -3.08. The molecular weight excluding hydrogens is 304 g/mol. The Balaban J connectivity index is 2.58. The number of terminal acetylenes is 1. The summed E-state index contributed by atoms with van der Waals surface area (Å²) in [6, 6.07) is 3.58. The molecule has 0 saturated carbocycles. The van der Waals surface area contributed by atoms with Gasteiger partial charge in [-0.25, -0.2) is 9.59 Å². The summed E-state index contributed by atoms with van der Waals surface area (Å²) in [5, 5.41) is 12.7. The number of amides is 1. The van der Waals surface area contributed by atoms with Crippen LogP contribution in [-0.4, -0.2) is 29.6 Å². The molecule has 1 N–H and O–H groups in total. The van der Waals surface area contributed by atoms with E-state index in [9.17, 15) is 19.7 Å². The zero-order valence-corrected chi connectivity index (χ0v) is 12.6. The normalized spacial score (nSPS) is 11.2. The number of ether oxygens (including phenoxy) is 2. The van der Waals surface area contributed by atoms with E-state index in [1.54, 1.807) is 0 Å². The average Bonchev–Trinajstić information content (AvgIpc) is 2.50. The number of non-ortho nitro benzene ring substituents is 1. The van der Waals surface area contributed by atoms with Gasteiger partial charge < -0.3 is 9.47 Å². The number of carbonyl (C=O) groups excluding carboxylic acids is 2. The highest BCUT2D eigenvalue weighted by Crippen LogP contribution is 2.17. The smallest absolute Gasteiger partial charge is 0.414 e. The van der Waals surface area contributed by atoms with Gasteiger partial charge in [0.05, 0.1) is 11.5 Å².